The summed E-state index contributed by atoms with van der Waals surface area (Å²) in [6.07, 6.45) is 5.54. The first-order valence-electron chi connectivity index (χ1n) is 8.34. The topological polar surface area (TPSA) is 78.5 Å². The maximum absolute atomic E-state index is 11.9. The van der Waals surface area contributed by atoms with Crippen LogP contribution in [0.15, 0.2) is 24.3 Å². The molecule has 0 aliphatic carbocycles. The third-order valence-corrected chi connectivity index (χ3v) is 3.48. The van der Waals surface area contributed by atoms with Crippen LogP contribution in [0.4, 0.5) is 0 Å². The number of carbonyl (C=O) groups excluding carboxylic acids is 2. The Balaban J connectivity index is 0.00000529. The Bertz CT molecular complexity index is 476. The van der Waals surface area contributed by atoms with Gasteiger partial charge in [-0.2, -0.15) is 0 Å². The van der Waals surface area contributed by atoms with Crippen LogP contribution in [0.25, 0.3) is 0 Å². The number of aliphatic carboxylic acids is 1. The molecule has 0 unspecified atom stereocenters. The molecule has 0 aliphatic heterocycles. The zero-order chi connectivity index (χ0) is 16.9. The molecule has 1 aromatic rings. The number of hydrogen-bond acceptors (Lipinski definition) is 4. The third kappa shape index (κ3) is 10.4. The average Bonchev–Trinajstić information content (AvgIpc) is 2.55. The molecule has 6 heteroatoms. The summed E-state index contributed by atoms with van der Waals surface area (Å²) in [5.74, 6) is -0.367. The molecular formula is C18H26LiNO4. The minimum atomic E-state index is -1.02. The monoisotopic (exact) mass is 327 g/mol. The molecule has 128 valence electrons. The summed E-state index contributed by atoms with van der Waals surface area (Å²) in [6.45, 7) is 3.39. The van der Waals surface area contributed by atoms with E-state index in [-0.39, 0.29) is 31.2 Å². The Labute approximate surface area is 156 Å². The van der Waals surface area contributed by atoms with Gasteiger partial charge in [-0.25, -0.2) is 0 Å². The number of hydrogen-bond donors (Lipinski definition) is 1. The molecule has 5 nitrogen and oxygen atoms in total. The van der Waals surface area contributed by atoms with Crippen LogP contribution in [0, 0.1) is 0 Å². The summed E-state index contributed by atoms with van der Waals surface area (Å²) in [7, 11) is 0. The maximum Gasteiger partial charge on any atom is 1.00 e. The Hall–Kier alpha value is -1.44. The molecule has 0 radical (unpaired) electrons. The molecule has 1 amide bonds. The number of carboxylic acids is 1. The normalized spacial score (nSPS) is 9.88. The van der Waals surface area contributed by atoms with Gasteiger partial charge >= 0.3 is 18.9 Å². The molecule has 0 atom stereocenters. The molecule has 1 rings (SSSR count). The Morgan fingerprint density at radius 2 is 1.75 bits per heavy atom. The van der Waals surface area contributed by atoms with E-state index in [1.807, 2.05) is 0 Å². The number of rotatable bonds is 12. The SMILES string of the molecule is CCCCCOc1ccc(C(=O)NCCCCCC(=O)[O-])cc1.[Li+]. The summed E-state index contributed by atoms with van der Waals surface area (Å²) < 4.78 is 5.60. The average molecular weight is 327 g/mol. The molecule has 0 bridgehead atoms. The Morgan fingerprint density at radius 1 is 1.04 bits per heavy atom. The van der Waals surface area contributed by atoms with E-state index in [2.05, 4.69) is 12.2 Å². The summed E-state index contributed by atoms with van der Waals surface area (Å²) in [5.41, 5.74) is 0.598. The molecule has 0 aromatic heterocycles. The van der Waals surface area contributed by atoms with Crippen molar-refractivity contribution in [2.24, 2.45) is 0 Å². The summed E-state index contributed by atoms with van der Waals surface area (Å²) in [4.78, 5) is 22.2. The second kappa shape index (κ2) is 13.9. The second-order valence-electron chi connectivity index (χ2n) is 5.52. The molecule has 0 saturated heterocycles. The predicted molar refractivity (Wildman–Crippen MR) is 87.3 cm³/mol. The van der Waals surface area contributed by atoms with Gasteiger partial charge in [-0.1, -0.05) is 26.2 Å². The molecule has 1 N–H and O–H groups in total. The van der Waals surface area contributed by atoms with Crippen LogP contribution in [-0.4, -0.2) is 25.0 Å². The van der Waals surface area contributed by atoms with Crippen LogP contribution in [0.3, 0.4) is 0 Å². The second-order valence-corrected chi connectivity index (χ2v) is 5.52. The van der Waals surface area contributed by atoms with Gasteiger partial charge in [0.1, 0.15) is 5.75 Å². The summed E-state index contributed by atoms with van der Waals surface area (Å²) >= 11 is 0. The summed E-state index contributed by atoms with van der Waals surface area (Å²) in [5, 5.41) is 13.1. The van der Waals surface area contributed by atoms with Gasteiger partial charge in [-0.05, 0) is 49.9 Å². The molecule has 0 aliphatic rings. The van der Waals surface area contributed by atoms with Crippen molar-refractivity contribution in [2.45, 2.75) is 51.9 Å². The zero-order valence-corrected chi connectivity index (χ0v) is 14.8. The third-order valence-electron chi connectivity index (χ3n) is 3.48. The van der Waals surface area contributed by atoms with Crippen molar-refractivity contribution >= 4 is 11.9 Å². The van der Waals surface area contributed by atoms with Crippen molar-refractivity contribution in [3.05, 3.63) is 29.8 Å². The zero-order valence-electron chi connectivity index (χ0n) is 14.8. The van der Waals surface area contributed by atoms with Gasteiger partial charge in [0.05, 0.1) is 6.61 Å². The molecule has 1 aromatic carbocycles. The number of carbonyl (C=O) groups is 2. The van der Waals surface area contributed by atoms with Crippen molar-refractivity contribution in [3.63, 3.8) is 0 Å². The van der Waals surface area contributed by atoms with Gasteiger partial charge in [-0.3, -0.25) is 4.79 Å². The van der Waals surface area contributed by atoms with E-state index < -0.39 is 5.97 Å². The fourth-order valence-electron chi connectivity index (χ4n) is 2.12. The fraction of sp³-hybridized carbons (Fsp3) is 0.556. The fourth-order valence-corrected chi connectivity index (χ4v) is 2.12. The van der Waals surface area contributed by atoms with Crippen molar-refractivity contribution in [1.29, 1.82) is 0 Å². The molecule has 0 spiro atoms. The number of carboxylic acid groups (broad SMARTS) is 1. The quantitative estimate of drug-likeness (QED) is 0.407. The summed E-state index contributed by atoms with van der Waals surface area (Å²) in [6, 6.07) is 7.11. The number of unbranched alkanes of at least 4 members (excludes halogenated alkanes) is 4. The smallest absolute Gasteiger partial charge is 0.550 e. The van der Waals surface area contributed by atoms with Gasteiger partial charge in [0.25, 0.3) is 5.91 Å². The van der Waals surface area contributed by atoms with Crippen molar-refractivity contribution in [3.8, 4) is 5.75 Å². The van der Waals surface area contributed by atoms with E-state index in [4.69, 9.17) is 4.74 Å². The minimum absolute atomic E-state index is 0. The molecule has 0 heterocycles. The number of benzene rings is 1. The van der Waals surface area contributed by atoms with E-state index >= 15 is 0 Å². The molecule has 0 fully saturated rings. The van der Waals surface area contributed by atoms with E-state index in [0.29, 0.717) is 25.1 Å². The van der Waals surface area contributed by atoms with E-state index in [0.717, 1.165) is 37.9 Å². The maximum atomic E-state index is 11.9. The van der Waals surface area contributed by atoms with Crippen LogP contribution >= 0.6 is 0 Å². The van der Waals surface area contributed by atoms with Gasteiger partial charge < -0.3 is 20.0 Å². The van der Waals surface area contributed by atoms with Gasteiger partial charge in [0.15, 0.2) is 0 Å². The van der Waals surface area contributed by atoms with Crippen molar-refractivity contribution < 1.29 is 38.3 Å². The molecule has 24 heavy (non-hydrogen) atoms. The number of ether oxygens (including phenoxy) is 1. The Morgan fingerprint density at radius 3 is 2.38 bits per heavy atom. The number of nitrogens with one attached hydrogen (secondary N) is 1. The van der Waals surface area contributed by atoms with E-state index in [9.17, 15) is 14.7 Å². The van der Waals surface area contributed by atoms with Crippen LogP contribution in [0.5, 0.6) is 5.75 Å². The number of amides is 1. The van der Waals surface area contributed by atoms with Crippen LogP contribution in [0.1, 0.15) is 62.2 Å². The first-order valence-corrected chi connectivity index (χ1v) is 8.34. The van der Waals surface area contributed by atoms with Crippen LogP contribution in [-0.2, 0) is 4.79 Å². The van der Waals surface area contributed by atoms with E-state index in [1.165, 1.54) is 0 Å². The van der Waals surface area contributed by atoms with Crippen LogP contribution in [0.2, 0.25) is 0 Å². The Kier molecular flexibility index (Phi) is 13.1. The first kappa shape index (κ1) is 22.6. The van der Waals surface area contributed by atoms with E-state index in [1.54, 1.807) is 24.3 Å². The largest absolute Gasteiger partial charge is 1.00 e. The minimum Gasteiger partial charge on any atom is -0.550 e. The van der Waals surface area contributed by atoms with Crippen molar-refractivity contribution in [1.82, 2.24) is 5.32 Å². The molecular weight excluding hydrogens is 301 g/mol. The van der Waals surface area contributed by atoms with Gasteiger partial charge in [0, 0.05) is 18.1 Å². The van der Waals surface area contributed by atoms with Gasteiger partial charge in [0.2, 0.25) is 0 Å². The predicted octanol–water partition coefficient (Wildman–Crippen LogP) is -0.700. The van der Waals surface area contributed by atoms with Gasteiger partial charge in [-0.15, -0.1) is 0 Å². The standard InChI is InChI=1S/C18H27NO4.Li/c1-2-3-7-14-23-16-11-9-15(10-12-16)18(22)19-13-6-4-5-8-17(20)21;/h9-12H,2-8,13-14H2,1H3,(H,19,22)(H,20,21);/q;+1/p-1. The van der Waals surface area contributed by atoms with Crippen LogP contribution < -0.4 is 34.0 Å². The molecule has 0 saturated carbocycles. The van der Waals surface area contributed by atoms with Crippen molar-refractivity contribution in [2.75, 3.05) is 13.2 Å². The first-order chi connectivity index (χ1) is 11.1.